The second-order valence-electron chi connectivity index (χ2n) is 8.08. The van der Waals surface area contributed by atoms with Crippen LogP contribution in [0.15, 0.2) is 59.2 Å². The van der Waals surface area contributed by atoms with Gasteiger partial charge >= 0.3 is 11.9 Å². The van der Waals surface area contributed by atoms with Crippen molar-refractivity contribution < 1.29 is 37.7 Å². The molecule has 0 bridgehead atoms. The molecule has 2 aromatic carbocycles. The van der Waals surface area contributed by atoms with E-state index in [0.717, 1.165) is 32.8 Å². The first-order chi connectivity index (χ1) is 18.5. The zero-order valence-corrected chi connectivity index (χ0v) is 22.2. The van der Waals surface area contributed by atoms with Gasteiger partial charge in [0.15, 0.2) is 6.29 Å². The molecule has 0 saturated heterocycles. The van der Waals surface area contributed by atoms with E-state index in [1.54, 1.807) is 18.4 Å². The van der Waals surface area contributed by atoms with Crippen molar-refractivity contribution in [1.82, 2.24) is 9.97 Å². The van der Waals surface area contributed by atoms with Gasteiger partial charge in [0.2, 0.25) is 0 Å². The Labute approximate surface area is 234 Å². The van der Waals surface area contributed by atoms with E-state index in [1.807, 2.05) is 50.2 Å². The van der Waals surface area contributed by atoms with Gasteiger partial charge in [-0.3, -0.25) is 0 Å². The molecule has 10 nitrogen and oxygen atoms in total. The van der Waals surface area contributed by atoms with Crippen LogP contribution in [0, 0.1) is 0 Å². The Morgan fingerprint density at radius 2 is 1.45 bits per heavy atom. The van der Waals surface area contributed by atoms with Crippen molar-refractivity contribution in [3.8, 4) is 5.75 Å². The number of furan rings is 1. The highest BCUT2D eigenvalue weighted by Gasteiger charge is 2.15. The van der Waals surface area contributed by atoms with Crippen molar-refractivity contribution in [2.45, 2.75) is 27.6 Å². The van der Waals surface area contributed by atoms with E-state index in [2.05, 4.69) is 14.7 Å². The first kappa shape index (κ1) is 32.0. The second-order valence-corrected chi connectivity index (χ2v) is 8.08. The van der Waals surface area contributed by atoms with Gasteiger partial charge in [-0.05, 0) is 56.3 Å². The molecule has 0 unspecified atom stereocenters. The molecule has 0 amide bonds. The SMILES string of the molecule is C.CCOC(COc1cccc2[nH]c(C(=O)OC)cc12)OCC.COC(=O)c1cc2c(ccc3ccoc32)[nH]1.[B]. The zero-order chi connectivity index (χ0) is 27.1. The van der Waals surface area contributed by atoms with Crippen LogP contribution in [-0.4, -0.2) is 70.6 Å². The molecule has 5 aromatic rings. The molecular weight excluding hydrogens is 515 g/mol. The fraction of sp³-hybridized carbons (Fsp3) is 0.310. The van der Waals surface area contributed by atoms with E-state index in [9.17, 15) is 9.59 Å². The number of rotatable bonds is 9. The number of nitrogens with one attached hydrogen (secondary N) is 2. The van der Waals surface area contributed by atoms with E-state index in [1.165, 1.54) is 14.2 Å². The number of benzene rings is 2. The number of aromatic nitrogens is 2. The van der Waals surface area contributed by atoms with Crippen LogP contribution in [0.5, 0.6) is 5.75 Å². The highest BCUT2D eigenvalue weighted by atomic mass is 16.7. The average Bonchev–Trinajstić information content (AvgIpc) is 3.68. The van der Waals surface area contributed by atoms with Gasteiger partial charge in [-0.15, -0.1) is 0 Å². The van der Waals surface area contributed by atoms with Gasteiger partial charge in [0.25, 0.3) is 0 Å². The smallest absolute Gasteiger partial charge is 0.354 e. The lowest BCUT2D eigenvalue weighted by atomic mass is 10.2. The van der Waals surface area contributed by atoms with Gasteiger partial charge in [-0.1, -0.05) is 13.5 Å². The Bertz CT molecular complexity index is 1530. The van der Waals surface area contributed by atoms with E-state index < -0.39 is 12.3 Å². The largest absolute Gasteiger partial charge is 0.488 e. The average molecular weight is 549 g/mol. The molecule has 0 aliphatic carbocycles. The number of esters is 2. The summed E-state index contributed by atoms with van der Waals surface area (Å²) in [4.78, 5) is 29.0. The molecule has 0 spiro atoms. The van der Waals surface area contributed by atoms with Crippen LogP contribution in [0.1, 0.15) is 42.3 Å². The Balaban J connectivity index is 0.000000277. The van der Waals surface area contributed by atoms with Crippen LogP contribution in [0.25, 0.3) is 32.8 Å². The first-order valence-corrected chi connectivity index (χ1v) is 12.1. The van der Waals surface area contributed by atoms with Crippen LogP contribution >= 0.6 is 0 Å². The van der Waals surface area contributed by atoms with Gasteiger partial charge in [0, 0.05) is 48.8 Å². The van der Waals surface area contributed by atoms with Crippen molar-refractivity contribution in [2.75, 3.05) is 34.0 Å². The van der Waals surface area contributed by atoms with Crippen molar-refractivity contribution in [3.05, 3.63) is 66.2 Å². The summed E-state index contributed by atoms with van der Waals surface area (Å²) in [5, 5.41) is 2.72. The van der Waals surface area contributed by atoms with Crippen LogP contribution in [0.2, 0.25) is 0 Å². The number of aromatic amines is 2. The lowest BCUT2D eigenvalue weighted by Crippen LogP contribution is -2.25. The van der Waals surface area contributed by atoms with Crippen LogP contribution in [0.4, 0.5) is 0 Å². The first-order valence-electron chi connectivity index (χ1n) is 12.1. The van der Waals surface area contributed by atoms with E-state index in [4.69, 9.17) is 23.4 Å². The highest BCUT2D eigenvalue weighted by molar-refractivity contribution is 6.06. The fourth-order valence-electron chi connectivity index (χ4n) is 4.00. The Kier molecular flexibility index (Phi) is 11.8. The van der Waals surface area contributed by atoms with Gasteiger partial charge in [0.05, 0.1) is 20.5 Å². The molecule has 2 N–H and O–H groups in total. The number of methoxy groups -OCH3 is 2. The van der Waals surface area contributed by atoms with Crippen LogP contribution in [-0.2, 0) is 18.9 Å². The second kappa shape index (κ2) is 14.8. The van der Waals surface area contributed by atoms with Crippen LogP contribution < -0.4 is 4.74 Å². The molecular formula is C29H34BN2O8. The minimum absolute atomic E-state index is 0. The summed E-state index contributed by atoms with van der Waals surface area (Å²) in [7, 11) is 2.70. The molecule has 0 aliphatic heterocycles. The zero-order valence-electron chi connectivity index (χ0n) is 22.2. The molecule has 0 atom stereocenters. The molecule has 3 aromatic heterocycles. The van der Waals surface area contributed by atoms with E-state index in [0.29, 0.717) is 30.4 Å². The molecule has 0 fully saturated rings. The third kappa shape index (κ3) is 7.05. The lowest BCUT2D eigenvalue weighted by Gasteiger charge is -2.17. The number of fused-ring (bicyclic) bond motifs is 4. The summed E-state index contributed by atoms with van der Waals surface area (Å²) in [6, 6.07) is 14.8. The predicted octanol–water partition coefficient (Wildman–Crippen LogP) is 5.69. The predicted molar refractivity (Wildman–Crippen MR) is 154 cm³/mol. The third-order valence-corrected chi connectivity index (χ3v) is 5.73. The van der Waals surface area contributed by atoms with E-state index in [-0.39, 0.29) is 28.4 Å². The molecule has 3 heterocycles. The maximum absolute atomic E-state index is 11.6. The summed E-state index contributed by atoms with van der Waals surface area (Å²) >= 11 is 0. The number of carbonyl (C=O) groups excluding carboxylic acids is 2. The summed E-state index contributed by atoms with van der Waals surface area (Å²) in [6.07, 6.45) is 1.22. The maximum atomic E-state index is 11.6. The lowest BCUT2D eigenvalue weighted by molar-refractivity contribution is -0.152. The van der Waals surface area contributed by atoms with Gasteiger partial charge < -0.3 is 38.1 Å². The maximum Gasteiger partial charge on any atom is 0.354 e. The molecule has 3 radical (unpaired) electrons. The summed E-state index contributed by atoms with van der Waals surface area (Å²) in [6.45, 7) is 5.19. The molecule has 0 saturated carbocycles. The van der Waals surface area contributed by atoms with Crippen molar-refractivity contribution >= 4 is 53.1 Å². The summed E-state index contributed by atoms with van der Waals surface area (Å²) in [5.74, 6) is -0.132. The topological polar surface area (TPSA) is 125 Å². The Hall–Kier alpha value is -4.22. The van der Waals surface area contributed by atoms with Crippen molar-refractivity contribution in [3.63, 3.8) is 0 Å². The summed E-state index contributed by atoms with van der Waals surface area (Å²) in [5.41, 5.74) is 3.27. The highest BCUT2D eigenvalue weighted by Crippen LogP contribution is 2.28. The van der Waals surface area contributed by atoms with Gasteiger partial charge in [0.1, 0.15) is 29.3 Å². The molecule has 11 heteroatoms. The van der Waals surface area contributed by atoms with Crippen molar-refractivity contribution in [2.24, 2.45) is 0 Å². The molecule has 5 rings (SSSR count). The normalized spacial score (nSPS) is 10.5. The Morgan fingerprint density at radius 1 is 0.850 bits per heavy atom. The molecule has 0 aliphatic rings. The number of H-pyrrole nitrogens is 2. The molecule has 40 heavy (non-hydrogen) atoms. The number of carbonyl (C=O) groups is 2. The quantitative estimate of drug-likeness (QED) is 0.137. The third-order valence-electron chi connectivity index (χ3n) is 5.73. The number of hydrogen-bond donors (Lipinski definition) is 2. The summed E-state index contributed by atoms with van der Waals surface area (Å²) < 4.78 is 31.4. The standard InChI is InChI=1S/C16H21NO5.C12H9NO3.CH4.B/c1-4-20-15(21-5-2)10-22-14-8-6-7-12-11(14)9-13(17-12)16(18)19-3;1-15-12(14)10-6-8-9(13-10)3-2-7-4-5-16-11(7)8;;/h6-9,15,17H,4-5,10H2,1-3H3;2-6,13H,1H3;1H4;. The van der Waals surface area contributed by atoms with Crippen molar-refractivity contribution in [1.29, 1.82) is 0 Å². The number of ether oxygens (including phenoxy) is 5. The van der Waals surface area contributed by atoms with Gasteiger partial charge in [-0.25, -0.2) is 9.59 Å². The minimum Gasteiger partial charge on any atom is -0.488 e. The Morgan fingerprint density at radius 3 is 2.05 bits per heavy atom. The minimum atomic E-state index is -0.413. The van der Waals surface area contributed by atoms with E-state index >= 15 is 0 Å². The molecule has 211 valence electrons. The monoisotopic (exact) mass is 549 g/mol. The fourth-order valence-corrected chi connectivity index (χ4v) is 4.00. The van der Waals surface area contributed by atoms with Crippen LogP contribution in [0.3, 0.4) is 0 Å². The number of hydrogen-bond acceptors (Lipinski definition) is 8. The van der Waals surface area contributed by atoms with Gasteiger partial charge in [-0.2, -0.15) is 0 Å².